The molecule has 1 aliphatic rings. The Morgan fingerprint density at radius 1 is 1.58 bits per heavy atom. The summed E-state index contributed by atoms with van der Waals surface area (Å²) in [6.45, 7) is 4.67. The third kappa shape index (κ3) is 4.35. The maximum Gasteiger partial charge on any atom is 0.315 e. The number of thiazole rings is 1. The molecule has 0 saturated heterocycles. The lowest BCUT2D eigenvalue weighted by molar-refractivity contribution is 0.235. The Bertz CT molecular complexity index is 455. The van der Waals surface area contributed by atoms with Gasteiger partial charge in [-0.25, -0.2) is 9.78 Å². The number of urea groups is 1. The van der Waals surface area contributed by atoms with E-state index in [4.69, 9.17) is 0 Å². The van der Waals surface area contributed by atoms with E-state index in [-0.39, 0.29) is 12.1 Å². The first-order valence-corrected chi connectivity index (χ1v) is 7.64. The van der Waals surface area contributed by atoms with Crippen molar-refractivity contribution in [1.29, 1.82) is 0 Å². The van der Waals surface area contributed by atoms with Crippen LogP contribution in [0.5, 0.6) is 0 Å². The van der Waals surface area contributed by atoms with Crippen molar-refractivity contribution in [3.63, 3.8) is 0 Å². The van der Waals surface area contributed by atoms with Crippen molar-refractivity contribution < 1.29 is 4.79 Å². The third-order valence-corrected chi connectivity index (χ3v) is 4.43. The highest BCUT2D eigenvalue weighted by Crippen LogP contribution is 2.18. The molecule has 1 aromatic heterocycles. The molecule has 2 rings (SSSR count). The molecular formula is C14H21N3OS. The zero-order chi connectivity index (χ0) is 13.7. The van der Waals surface area contributed by atoms with Gasteiger partial charge in [0.2, 0.25) is 0 Å². The van der Waals surface area contributed by atoms with E-state index in [0.717, 1.165) is 36.5 Å². The first kappa shape index (κ1) is 14.1. The number of rotatable bonds is 4. The molecule has 19 heavy (non-hydrogen) atoms. The Balaban J connectivity index is 1.73. The molecule has 1 heterocycles. The number of nitrogens with one attached hydrogen (secondary N) is 2. The Morgan fingerprint density at radius 2 is 2.42 bits per heavy atom. The maximum absolute atomic E-state index is 11.8. The van der Waals surface area contributed by atoms with Gasteiger partial charge in [0, 0.05) is 17.6 Å². The van der Waals surface area contributed by atoms with Gasteiger partial charge in [-0.1, -0.05) is 12.2 Å². The highest BCUT2D eigenvalue weighted by atomic mass is 32.1. The average molecular weight is 279 g/mol. The minimum Gasteiger partial charge on any atom is -0.338 e. The molecule has 1 aromatic rings. The van der Waals surface area contributed by atoms with Crippen molar-refractivity contribution in [3.8, 4) is 0 Å². The van der Waals surface area contributed by atoms with Crippen LogP contribution in [0.2, 0.25) is 0 Å². The Morgan fingerprint density at radius 3 is 3.05 bits per heavy atom. The molecule has 0 radical (unpaired) electrons. The fourth-order valence-corrected chi connectivity index (χ4v) is 2.96. The zero-order valence-electron chi connectivity index (χ0n) is 11.5. The van der Waals surface area contributed by atoms with Crippen LogP contribution in [0.1, 0.15) is 42.9 Å². The number of carbonyl (C=O) groups is 1. The molecule has 0 spiro atoms. The lowest BCUT2D eigenvalue weighted by Gasteiger charge is -2.19. The summed E-state index contributed by atoms with van der Waals surface area (Å²) in [4.78, 5) is 16.2. The first-order chi connectivity index (χ1) is 9.15. The molecule has 2 N–H and O–H groups in total. The highest BCUT2D eigenvalue weighted by molar-refractivity contribution is 7.09. The van der Waals surface area contributed by atoms with Crippen molar-refractivity contribution in [2.45, 2.75) is 39.2 Å². The van der Waals surface area contributed by atoms with Gasteiger partial charge in [0.1, 0.15) is 5.01 Å². The van der Waals surface area contributed by atoms with E-state index in [9.17, 15) is 4.79 Å². The average Bonchev–Trinajstić information content (AvgIpc) is 2.84. The molecule has 0 bridgehead atoms. The molecule has 0 fully saturated rings. The van der Waals surface area contributed by atoms with Crippen LogP contribution in [0.4, 0.5) is 4.79 Å². The molecule has 5 heteroatoms. The van der Waals surface area contributed by atoms with E-state index < -0.39 is 0 Å². The third-order valence-electron chi connectivity index (χ3n) is 3.28. The van der Waals surface area contributed by atoms with Gasteiger partial charge >= 0.3 is 6.03 Å². The quantitative estimate of drug-likeness (QED) is 0.832. The van der Waals surface area contributed by atoms with E-state index in [1.165, 1.54) is 0 Å². The van der Waals surface area contributed by atoms with Gasteiger partial charge in [-0.2, -0.15) is 0 Å². The van der Waals surface area contributed by atoms with Gasteiger partial charge in [0.15, 0.2) is 0 Å². The molecule has 0 aliphatic heterocycles. The molecule has 0 unspecified atom stereocenters. The minimum absolute atomic E-state index is 0.0371. The molecule has 4 nitrogen and oxygen atoms in total. The lowest BCUT2D eigenvalue weighted by Crippen LogP contribution is -2.39. The van der Waals surface area contributed by atoms with Gasteiger partial charge in [-0.05, 0) is 39.0 Å². The smallest absolute Gasteiger partial charge is 0.315 e. The summed E-state index contributed by atoms with van der Waals surface area (Å²) in [7, 11) is 0. The van der Waals surface area contributed by atoms with Crippen LogP contribution >= 0.6 is 11.3 Å². The Kier molecular flexibility index (Phi) is 4.96. The van der Waals surface area contributed by atoms with E-state index in [1.807, 2.05) is 19.2 Å². The van der Waals surface area contributed by atoms with Gasteiger partial charge in [-0.15, -0.1) is 11.3 Å². The summed E-state index contributed by atoms with van der Waals surface area (Å²) in [6.07, 6.45) is 7.78. The summed E-state index contributed by atoms with van der Waals surface area (Å²) in [6, 6.07) is -0.139. The molecular weight excluding hydrogens is 258 g/mol. The SMILES string of the molecule is Cc1csc([C@H](C)NC(=O)NC[C@H]2CC=CCC2)n1. The van der Waals surface area contributed by atoms with Gasteiger partial charge < -0.3 is 10.6 Å². The van der Waals surface area contributed by atoms with E-state index in [2.05, 4.69) is 27.8 Å². The number of carbonyl (C=O) groups excluding carboxylic acids is 1. The van der Waals surface area contributed by atoms with Crippen molar-refractivity contribution >= 4 is 17.4 Å². The van der Waals surface area contributed by atoms with Crippen LogP contribution in [0.3, 0.4) is 0 Å². The van der Waals surface area contributed by atoms with Gasteiger partial charge in [-0.3, -0.25) is 0 Å². The fourth-order valence-electron chi connectivity index (χ4n) is 2.16. The second kappa shape index (κ2) is 6.70. The normalized spacial score (nSPS) is 20.0. The van der Waals surface area contributed by atoms with Crippen molar-refractivity contribution in [2.75, 3.05) is 6.54 Å². The molecule has 2 amide bonds. The topological polar surface area (TPSA) is 54.0 Å². The van der Waals surface area contributed by atoms with Gasteiger partial charge in [0.25, 0.3) is 0 Å². The lowest BCUT2D eigenvalue weighted by atomic mass is 9.94. The van der Waals surface area contributed by atoms with Crippen molar-refractivity contribution in [2.24, 2.45) is 5.92 Å². The molecule has 1 aliphatic carbocycles. The maximum atomic E-state index is 11.8. The number of hydrogen-bond donors (Lipinski definition) is 2. The number of aromatic nitrogens is 1. The number of hydrogen-bond acceptors (Lipinski definition) is 3. The Labute approximate surface area is 118 Å². The number of aryl methyl sites for hydroxylation is 1. The summed E-state index contributed by atoms with van der Waals surface area (Å²) < 4.78 is 0. The minimum atomic E-state index is -0.102. The predicted octanol–water partition coefficient (Wildman–Crippen LogP) is 3.17. The zero-order valence-corrected chi connectivity index (χ0v) is 12.3. The molecule has 104 valence electrons. The summed E-state index contributed by atoms with van der Waals surface area (Å²) >= 11 is 1.58. The monoisotopic (exact) mass is 279 g/mol. The van der Waals surface area contributed by atoms with Gasteiger partial charge in [0.05, 0.1) is 6.04 Å². The predicted molar refractivity (Wildman–Crippen MR) is 78.3 cm³/mol. The summed E-state index contributed by atoms with van der Waals surface area (Å²) in [5, 5.41) is 8.83. The Hall–Kier alpha value is -1.36. The van der Waals surface area contributed by atoms with Crippen LogP contribution in [0.15, 0.2) is 17.5 Å². The van der Waals surface area contributed by atoms with Crippen molar-refractivity contribution in [1.82, 2.24) is 15.6 Å². The first-order valence-electron chi connectivity index (χ1n) is 6.76. The highest BCUT2D eigenvalue weighted by Gasteiger charge is 2.14. The summed E-state index contributed by atoms with van der Waals surface area (Å²) in [5.41, 5.74) is 1.00. The largest absolute Gasteiger partial charge is 0.338 e. The molecule has 2 atom stereocenters. The van der Waals surface area contributed by atoms with Crippen LogP contribution in [0, 0.1) is 12.8 Å². The van der Waals surface area contributed by atoms with Crippen LogP contribution < -0.4 is 10.6 Å². The standard InChI is InChI=1S/C14H21N3OS/c1-10-9-19-13(16-10)11(2)17-14(18)15-8-12-6-4-3-5-7-12/h3-4,9,11-12H,5-8H2,1-2H3,(H2,15,17,18)/t11-,12-/m0/s1. The summed E-state index contributed by atoms with van der Waals surface area (Å²) in [5.74, 6) is 0.577. The van der Waals surface area contributed by atoms with Crippen LogP contribution in [-0.4, -0.2) is 17.6 Å². The van der Waals surface area contributed by atoms with Crippen molar-refractivity contribution in [3.05, 3.63) is 28.2 Å². The van der Waals surface area contributed by atoms with Crippen LogP contribution in [-0.2, 0) is 0 Å². The molecule has 0 saturated carbocycles. The second-order valence-corrected chi connectivity index (χ2v) is 5.94. The van der Waals surface area contributed by atoms with E-state index in [0.29, 0.717) is 5.92 Å². The van der Waals surface area contributed by atoms with E-state index in [1.54, 1.807) is 11.3 Å². The van der Waals surface area contributed by atoms with E-state index >= 15 is 0 Å². The number of allylic oxidation sites excluding steroid dienone is 2. The van der Waals surface area contributed by atoms with Crippen LogP contribution in [0.25, 0.3) is 0 Å². The number of amides is 2. The second-order valence-electron chi connectivity index (χ2n) is 5.05. The number of nitrogens with zero attached hydrogens (tertiary/aromatic N) is 1. The fraction of sp³-hybridized carbons (Fsp3) is 0.571. The molecule has 0 aromatic carbocycles.